The molecule has 2 unspecified atom stereocenters. The molecule has 10 heteroatoms. The lowest BCUT2D eigenvalue weighted by Gasteiger charge is -2.37. The first-order valence-corrected chi connectivity index (χ1v) is 15.1. The molecule has 200 valence electrons. The highest BCUT2D eigenvalue weighted by atomic mass is 32.2. The topological polar surface area (TPSA) is 83.8 Å². The summed E-state index contributed by atoms with van der Waals surface area (Å²) in [6, 6.07) is 0. The molecule has 4 fully saturated rings. The van der Waals surface area contributed by atoms with Crippen molar-refractivity contribution in [2.45, 2.75) is 87.0 Å². The molecule has 0 N–H and O–H groups in total. The fourth-order valence-corrected chi connectivity index (χ4v) is 6.80. The van der Waals surface area contributed by atoms with E-state index in [1.165, 1.54) is 12.0 Å². The average Bonchev–Trinajstić information content (AvgIpc) is 3.60. The lowest BCUT2D eigenvalue weighted by atomic mass is 10.00. The van der Waals surface area contributed by atoms with Crippen molar-refractivity contribution in [2.24, 2.45) is 0 Å². The van der Waals surface area contributed by atoms with Crippen LogP contribution in [0.25, 0.3) is 11.3 Å². The van der Waals surface area contributed by atoms with Crippen LogP contribution in [0, 0.1) is 0 Å². The summed E-state index contributed by atoms with van der Waals surface area (Å²) >= 11 is 1.61. The van der Waals surface area contributed by atoms with Crippen molar-refractivity contribution in [3.05, 3.63) is 17.5 Å². The van der Waals surface area contributed by atoms with Crippen LogP contribution in [0.4, 0.5) is 5.82 Å². The highest BCUT2D eigenvalue weighted by Gasteiger charge is 2.57. The molecule has 7 rings (SSSR count). The van der Waals surface area contributed by atoms with Crippen LogP contribution in [0.5, 0.6) is 0 Å². The number of rotatable bonds is 5. The molecule has 3 aliphatic heterocycles. The first kappa shape index (κ1) is 24.3. The van der Waals surface area contributed by atoms with Crippen molar-refractivity contribution in [1.82, 2.24) is 19.7 Å². The van der Waals surface area contributed by atoms with E-state index in [9.17, 15) is 0 Å². The van der Waals surface area contributed by atoms with Crippen molar-refractivity contribution < 1.29 is 18.9 Å². The largest absolute Gasteiger partial charge is 0.377 e. The minimum atomic E-state index is -0.496. The quantitative estimate of drug-likeness (QED) is 0.418. The van der Waals surface area contributed by atoms with E-state index in [-0.39, 0.29) is 17.9 Å². The fraction of sp³-hybridized carbons (Fsp3) is 0.741. The second kappa shape index (κ2) is 9.48. The molecule has 0 amide bonds. The van der Waals surface area contributed by atoms with E-state index in [0.29, 0.717) is 19.8 Å². The number of hydrogen-bond donors (Lipinski definition) is 0. The first-order chi connectivity index (χ1) is 18.1. The predicted octanol–water partition coefficient (Wildman–Crippen LogP) is 4.29. The summed E-state index contributed by atoms with van der Waals surface area (Å²) in [7, 11) is 0. The van der Waals surface area contributed by atoms with E-state index in [1.807, 2.05) is 0 Å². The van der Waals surface area contributed by atoms with Crippen LogP contribution in [0.3, 0.4) is 0 Å². The van der Waals surface area contributed by atoms with Gasteiger partial charge < -0.3 is 23.8 Å². The molecule has 0 bridgehead atoms. The summed E-state index contributed by atoms with van der Waals surface area (Å²) in [6.45, 7) is 6.30. The van der Waals surface area contributed by atoms with Gasteiger partial charge in [-0.2, -0.15) is 5.10 Å². The molecule has 0 aromatic carbocycles. The zero-order chi connectivity index (χ0) is 25.0. The molecule has 1 saturated carbocycles. The van der Waals surface area contributed by atoms with E-state index in [0.717, 1.165) is 92.6 Å². The van der Waals surface area contributed by atoms with E-state index < -0.39 is 5.60 Å². The molecular formula is C27H37N5O4S. The zero-order valence-electron chi connectivity index (χ0n) is 21.9. The van der Waals surface area contributed by atoms with Crippen molar-refractivity contribution in [3.63, 3.8) is 0 Å². The van der Waals surface area contributed by atoms with Crippen molar-refractivity contribution in [2.75, 3.05) is 50.7 Å². The number of hydrogen-bond acceptors (Lipinski definition) is 9. The summed E-state index contributed by atoms with van der Waals surface area (Å²) in [5.41, 5.74) is 4.05. The van der Waals surface area contributed by atoms with Gasteiger partial charge in [-0.15, -0.1) is 0 Å². The Kier molecular flexibility index (Phi) is 6.23. The van der Waals surface area contributed by atoms with Gasteiger partial charge in [-0.3, -0.25) is 0 Å². The molecule has 2 aromatic heterocycles. The van der Waals surface area contributed by atoms with Gasteiger partial charge in [-0.1, -0.05) is 11.8 Å². The minimum Gasteiger partial charge on any atom is -0.377 e. The van der Waals surface area contributed by atoms with E-state index in [2.05, 4.69) is 29.0 Å². The van der Waals surface area contributed by atoms with Gasteiger partial charge in [0.2, 0.25) is 0 Å². The minimum absolute atomic E-state index is 0.0206. The van der Waals surface area contributed by atoms with Gasteiger partial charge in [0, 0.05) is 36.9 Å². The van der Waals surface area contributed by atoms with Crippen LogP contribution in [-0.2, 0) is 24.4 Å². The zero-order valence-corrected chi connectivity index (χ0v) is 22.7. The second-order valence-corrected chi connectivity index (χ2v) is 12.1. The molecule has 3 atom stereocenters. The number of fused-ring (bicyclic) bond motifs is 5. The molecule has 3 saturated heterocycles. The van der Waals surface area contributed by atoms with Crippen LogP contribution in [-0.4, -0.2) is 77.4 Å². The molecule has 2 aliphatic carbocycles. The Morgan fingerprint density at radius 3 is 2.62 bits per heavy atom. The van der Waals surface area contributed by atoms with Crippen LogP contribution in [0.2, 0.25) is 0 Å². The number of nitrogens with zero attached hydrogens (tertiary/aromatic N) is 5. The first-order valence-electron chi connectivity index (χ1n) is 13.9. The molecular weight excluding hydrogens is 490 g/mol. The maximum absolute atomic E-state index is 6.56. The molecule has 5 aliphatic rings. The molecule has 0 radical (unpaired) electrons. The molecule has 2 aromatic rings. The lowest BCUT2D eigenvalue weighted by Crippen LogP contribution is -2.47. The second-order valence-electron chi connectivity index (χ2n) is 11.4. The van der Waals surface area contributed by atoms with Gasteiger partial charge >= 0.3 is 0 Å². The Labute approximate surface area is 222 Å². The van der Waals surface area contributed by atoms with Gasteiger partial charge in [0.15, 0.2) is 11.4 Å². The SMILES string of the molecule is CSc1nc(N2CCOC[C@@](C)(OC3CCCCO3)C2)c2c(n1)C1(CC1)c1cn(C3CCCCO3)nc1-2. The summed E-state index contributed by atoms with van der Waals surface area (Å²) < 4.78 is 26.7. The Morgan fingerprint density at radius 2 is 1.89 bits per heavy atom. The average molecular weight is 528 g/mol. The van der Waals surface area contributed by atoms with E-state index >= 15 is 0 Å². The lowest BCUT2D eigenvalue weighted by molar-refractivity contribution is -0.227. The highest BCUT2D eigenvalue weighted by Crippen LogP contribution is 2.63. The molecule has 5 heterocycles. The van der Waals surface area contributed by atoms with Gasteiger partial charge in [-0.05, 0) is 64.5 Å². The summed E-state index contributed by atoms with van der Waals surface area (Å²) in [5.74, 6) is 0.957. The summed E-state index contributed by atoms with van der Waals surface area (Å²) in [5, 5.41) is 5.97. The van der Waals surface area contributed by atoms with Crippen molar-refractivity contribution >= 4 is 17.6 Å². The number of anilines is 1. The predicted molar refractivity (Wildman–Crippen MR) is 140 cm³/mol. The van der Waals surface area contributed by atoms with Crippen LogP contribution >= 0.6 is 11.8 Å². The van der Waals surface area contributed by atoms with Gasteiger partial charge in [-0.25, -0.2) is 14.6 Å². The van der Waals surface area contributed by atoms with Crippen LogP contribution in [0.15, 0.2) is 11.4 Å². The maximum Gasteiger partial charge on any atom is 0.189 e. The Hall–Kier alpha value is -1.72. The summed E-state index contributed by atoms with van der Waals surface area (Å²) in [4.78, 5) is 12.5. The van der Waals surface area contributed by atoms with Crippen molar-refractivity contribution in [1.29, 1.82) is 0 Å². The van der Waals surface area contributed by atoms with Gasteiger partial charge in [0.1, 0.15) is 23.3 Å². The highest BCUT2D eigenvalue weighted by molar-refractivity contribution is 7.98. The summed E-state index contributed by atoms with van der Waals surface area (Å²) in [6.07, 6.45) is 12.9. The van der Waals surface area contributed by atoms with E-state index in [1.54, 1.807) is 11.8 Å². The number of aromatic nitrogens is 4. The number of thioether (sulfide) groups is 1. The third-order valence-electron chi connectivity index (χ3n) is 8.48. The fourth-order valence-electron chi connectivity index (χ4n) is 6.44. The van der Waals surface area contributed by atoms with Gasteiger partial charge in [0.05, 0.1) is 31.0 Å². The monoisotopic (exact) mass is 527 g/mol. The normalized spacial score (nSPS) is 30.7. The standard InChI is InChI=1S/C27H37N5O4S/c1-26(36-20-8-4-6-13-35-20)16-31(11-14-33-17-26)24-21-22-18(15-32(30-22)19-7-3-5-12-34-19)27(9-10-27)23(21)28-25(29-24)37-2/h15,19-20H,3-14,16-17H2,1-2H3/t19?,20?,26-/m0/s1. The Morgan fingerprint density at radius 1 is 1.05 bits per heavy atom. The van der Waals surface area contributed by atoms with Gasteiger partial charge in [0.25, 0.3) is 0 Å². The third-order valence-corrected chi connectivity index (χ3v) is 9.03. The smallest absolute Gasteiger partial charge is 0.189 e. The van der Waals surface area contributed by atoms with Crippen molar-refractivity contribution in [3.8, 4) is 11.3 Å². The van der Waals surface area contributed by atoms with Crippen LogP contribution in [0.1, 0.15) is 75.8 Å². The Bertz CT molecular complexity index is 1160. The molecule has 1 spiro atoms. The molecule has 9 nitrogen and oxygen atoms in total. The van der Waals surface area contributed by atoms with E-state index in [4.69, 9.17) is 34.0 Å². The number of ether oxygens (including phenoxy) is 4. The third kappa shape index (κ3) is 4.29. The Balaban J connectivity index is 1.27. The van der Waals surface area contributed by atoms with Crippen LogP contribution < -0.4 is 4.90 Å². The maximum atomic E-state index is 6.56. The molecule has 37 heavy (non-hydrogen) atoms.